The fourth-order valence-electron chi connectivity index (χ4n) is 2.78. The molecule has 0 aromatic heterocycles. The Balaban J connectivity index is 2.05. The van der Waals surface area contributed by atoms with Gasteiger partial charge in [0.2, 0.25) is 0 Å². The molecule has 1 aliphatic heterocycles. The summed E-state index contributed by atoms with van der Waals surface area (Å²) in [7, 11) is 4.27. The van der Waals surface area contributed by atoms with Crippen LogP contribution in [-0.4, -0.2) is 48.0 Å². The molecule has 0 saturated carbocycles. The van der Waals surface area contributed by atoms with E-state index in [-0.39, 0.29) is 10.8 Å². The molecule has 3 nitrogen and oxygen atoms in total. The molecule has 1 fully saturated rings. The van der Waals surface area contributed by atoms with E-state index in [1.165, 1.54) is 25.5 Å². The van der Waals surface area contributed by atoms with E-state index < -0.39 is 0 Å². The number of nitrogens with zero attached hydrogens (tertiary/aromatic N) is 2. The van der Waals surface area contributed by atoms with Crippen LogP contribution in [0.2, 0.25) is 0 Å². The van der Waals surface area contributed by atoms with Gasteiger partial charge in [0.05, 0.1) is 0 Å². The maximum Gasteiger partial charge on any atom is 0.133 e. The minimum Gasteiger partial charge on any atom is -0.389 e. The Morgan fingerprint density at radius 1 is 1.55 bits per heavy atom. The number of hydrogen-bond acceptors (Lipinski definition) is 3. The summed E-state index contributed by atoms with van der Waals surface area (Å²) < 4.78 is 13.6. The standard InChI is InChI=1S/C15H22FN3S/c1-18-7-3-4-12(10-18)19(2)9-11-5-6-14(16)13(8-11)15(17)20/h5-6,8,12H,3-4,7,9-10H2,1-2H3,(H2,17,20). The highest BCUT2D eigenvalue weighted by molar-refractivity contribution is 7.80. The molecular weight excluding hydrogens is 273 g/mol. The van der Waals surface area contributed by atoms with Gasteiger partial charge >= 0.3 is 0 Å². The van der Waals surface area contributed by atoms with Gasteiger partial charge in [-0.2, -0.15) is 0 Å². The second-order valence-corrected chi connectivity index (χ2v) is 6.09. The third-order valence-electron chi connectivity index (χ3n) is 3.95. The van der Waals surface area contributed by atoms with Crippen LogP contribution in [0.25, 0.3) is 0 Å². The maximum atomic E-state index is 13.6. The van der Waals surface area contributed by atoms with Gasteiger partial charge in [0.15, 0.2) is 0 Å². The number of halogens is 1. The maximum absolute atomic E-state index is 13.6. The number of rotatable bonds is 4. The molecule has 0 aliphatic carbocycles. The SMILES string of the molecule is CN1CCCC(N(C)Cc2ccc(F)c(C(N)=S)c2)C1. The van der Waals surface area contributed by atoms with E-state index in [2.05, 4.69) is 23.9 Å². The topological polar surface area (TPSA) is 32.5 Å². The van der Waals surface area contributed by atoms with Crippen molar-refractivity contribution in [3.8, 4) is 0 Å². The predicted octanol–water partition coefficient (Wildman–Crippen LogP) is 1.99. The molecule has 1 aromatic rings. The monoisotopic (exact) mass is 295 g/mol. The molecular formula is C15H22FN3S. The van der Waals surface area contributed by atoms with Crippen molar-refractivity contribution in [2.24, 2.45) is 5.73 Å². The normalized spacial score (nSPS) is 20.3. The van der Waals surface area contributed by atoms with E-state index in [0.29, 0.717) is 11.6 Å². The smallest absolute Gasteiger partial charge is 0.133 e. The molecule has 20 heavy (non-hydrogen) atoms. The van der Waals surface area contributed by atoms with Crippen molar-refractivity contribution in [3.63, 3.8) is 0 Å². The summed E-state index contributed by atoms with van der Waals surface area (Å²) in [5.74, 6) is -0.346. The zero-order valence-electron chi connectivity index (χ0n) is 12.1. The summed E-state index contributed by atoms with van der Waals surface area (Å²) in [5, 5.41) is 0. The third kappa shape index (κ3) is 3.75. The number of thiocarbonyl (C=S) groups is 1. The van der Waals surface area contributed by atoms with Gasteiger partial charge in [0, 0.05) is 24.7 Å². The molecule has 1 heterocycles. The highest BCUT2D eigenvalue weighted by Gasteiger charge is 2.21. The molecule has 0 bridgehead atoms. The quantitative estimate of drug-likeness (QED) is 0.861. The first-order valence-electron chi connectivity index (χ1n) is 6.94. The average molecular weight is 295 g/mol. The number of nitrogens with two attached hydrogens (primary N) is 1. The van der Waals surface area contributed by atoms with Gasteiger partial charge in [-0.05, 0) is 51.2 Å². The lowest BCUT2D eigenvalue weighted by Crippen LogP contribution is -2.44. The van der Waals surface area contributed by atoms with E-state index in [9.17, 15) is 4.39 Å². The fraction of sp³-hybridized carbons (Fsp3) is 0.533. The van der Waals surface area contributed by atoms with Crippen LogP contribution in [0.4, 0.5) is 4.39 Å². The molecule has 1 aromatic carbocycles. The molecule has 1 saturated heterocycles. The number of likely N-dealkylation sites (tertiary alicyclic amines) is 1. The molecule has 2 N–H and O–H groups in total. The molecule has 1 aliphatic rings. The van der Waals surface area contributed by atoms with Crippen molar-refractivity contribution in [2.45, 2.75) is 25.4 Å². The summed E-state index contributed by atoms with van der Waals surface area (Å²) in [6.45, 7) is 3.04. The Labute approximate surface area is 125 Å². The summed E-state index contributed by atoms with van der Waals surface area (Å²) in [6.07, 6.45) is 2.44. The first kappa shape index (κ1) is 15.4. The Hall–Kier alpha value is -1.04. The van der Waals surface area contributed by atoms with Crippen molar-refractivity contribution in [1.29, 1.82) is 0 Å². The molecule has 110 valence electrons. The predicted molar refractivity (Wildman–Crippen MR) is 84.3 cm³/mol. The largest absolute Gasteiger partial charge is 0.389 e. The number of piperidine rings is 1. The first-order valence-corrected chi connectivity index (χ1v) is 7.35. The molecule has 1 atom stereocenters. The van der Waals surface area contributed by atoms with E-state index in [4.69, 9.17) is 18.0 Å². The highest BCUT2D eigenvalue weighted by Crippen LogP contribution is 2.17. The van der Waals surface area contributed by atoms with Crippen molar-refractivity contribution in [2.75, 3.05) is 27.2 Å². The van der Waals surface area contributed by atoms with Crippen LogP contribution in [0.3, 0.4) is 0 Å². The van der Waals surface area contributed by atoms with E-state index >= 15 is 0 Å². The van der Waals surface area contributed by atoms with Crippen molar-refractivity contribution < 1.29 is 4.39 Å². The van der Waals surface area contributed by atoms with Crippen molar-refractivity contribution >= 4 is 17.2 Å². The summed E-state index contributed by atoms with van der Waals surface area (Å²) in [4.78, 5) is 4.80. The number of benzene rings is 1. The minimum absolute atomic E-state index is 0.115. The van der Waals surface area contributed by atoms with Gasteiger partial charge in [-0.3, -0.25) is 4.90 Å². The Morgan fingerprint density at radius 3 is 2.95 bits per heavy atom. The van der Waals surface area contributed by atoms with Crippen LogP contribution in [0, 0.1) is 5.82 Å². The Bertz CT molecular complexity index is 492. The molecule has 0 amide bonds. The lowest BCUT2D eigenvalue weighted by molar-refractivity contribution is 0.129. The summed E-state index contributed by atoms with van der Waals surface area (Å²) in [5.41, 5.74) is 6.93. The number of hydrogen-bond donors (Lipinski definition) is 1. The van der Waals surface area contributed by atoms with Gasteiger partial charge < -0.3 is 10.6 Å². The minimum atomic E-state index is -0.346. The van der Waals surface area contributed by atoms with Crippen LogP contribution in [0.1, 0.15) is 24.0 Å². The summed E-state index contributed by atoms with van der Waals surface area (Å²) in [6, 6.07) is 5.57. The summed E-state index contributed by atoms with van der Waals surface area (Å²) >= 11 is 4.88. The van der Waals surface area contributed by atoms with E-state index in [1.807, 2.05) is 0 Å². The zero-order valence-corrected chi connectivity index (χ0v) is 12.9. The second-order valence-electron chi connectivity index (χ2n) is 5.65. The van der Waals surface area contributed by atoms with Crippen LogP contribution >= 0.6 is 12.2 Å². The molecule has 0 spiro atoms. The van der Waals surface area contributed by atoms with Crippen molar-refractivity contribution in [3.05, 3.63) is 35.1 Å². The van der Waals surface area contributed by atoms with Crippen LogP contribution in [0.5, 0.6) is 0 Å². The third-order valence-corrected chi connectivity index (χ3v) is 4.17. The zero-order chi connectivity index (χ0) is 14.7. The van der Waals surface area contributed by atoms with Gasteiger partial charge in [-0.1, -0.05) is 18.3 Å². The highest BCUT2D eigenvalue weighted by atomic mass is 32.1. The number of likely N-dealkylation sites (N-methyl/N-ethyl adjacent to an activating group) is 2. The first-order chi connectivity index (χ1) is 9.47. The Morgan fingerprint density at radius 2 is 2.30 bits per heavy atom. The molecule has 0 radical (unpaired) electrons. The lowest BCUT2D eigenvalue weighted by atomic mass is 10.0. The van der Waals surface area contributed by atoms with Gasteiger partial charge in [0.25, 0.3) is 0 Å². The van der Waals surface area contributed by atoms with Crippen LogP contribution in [0.15, 0.2) is 18.2 Å². The van der Waals surface area contributed by atoms with E-state index in [1.54, 1.807) is 12.1 Å². The second kappa shape index (κ2) is 6.61. The van der Waals surface area contributed by atoms with Gasteiger partial charge in [-0.15, -0.1) is 0 Å². The van der Waals surface area contributed by atoms with Gasteiger partial charge in [-0.25, -0.2) is 4.39 Å². The molecule has 5 heteroatoms. The average Bonchev–Trinajstić information content (AvgIpc) is 2.40. The van der Waals surface area contributed by atoms with E-state index in [0.717, 1.165) is 18.7 Å². The Kier molecular flexibility index (Phi) is 5.07. The lowest BCUT2D eigenvalue weighted by Gasteiger charge is -2.36. The van der Waals surface area contributed by atoms with Crippen molar-refractivity contribution in [1.82, 2.24) is 9.80 Å². The van der Waals surface area contributed by atoms with Gasteiger partial charge in [0.1, 0.15) is 10.8 Å². The fourth-order valence-corrected chi connectivity index (χ4v) is 2.93. The van der Waals surface area contributed by atoms with Crippen LogP contribution in [-0.2, 0) is 6.54 Å². The molecule has 2 rings (SSSR count). The molecule has 1 unspecified atom stereocenters. The van der Waals surface area contributed by atoms with Crippen LogP contribution < -0.4 is 5.73 Å².